The van der Waals surface area contributed by atoms with Gasteiger partial charge < -0.3 is 15.9 Å². The molecule has 0 atom stereocenters. The smallest absolute Gasteiger partial charge is 0.465 e. The molecule has 0 amide bonds. The summed E-state index contributed by atoms with van der Waals surface area (Å²) in [5.74, 6) is -0.332. The van der Waals surface area contributed by atoms with Crippen molar-refractivity contribution in [2.45, 2.75) is 45.5 Å². The normalized spacial score (nSPS) is 14.4. The van der Waals surface area contributed by atoms with E-state index in [1.807, 2.05) is 45.0 Å². The number of alkyl halides is 3. The number of esters is 1. The zero-order valence-corrected chi connectivity index (χ0v) is 20.3. The van der Waals surface area contributed by atoms with Crippen LogP contribution in [0, 0.1) is 13.3 Å². The first kappa shape index (κ1) is 28.9. The topological polar surface area (TPSA) is 38.8 Å². The summed E-state index contributed by atoms with van der Waals surface area (Å²) in [4.78, 5) is 13.9. The van der Waals surface area contributed by atoms with Gasteiger partial charge in [0, 0.05) is 0 Å². The Hall–Kier alpha value is -2.15. The van der Waals surface area contributed by atoms with E-state index in [4.69, 9.17) is 4.74 Å². The van der Waals surface area contributed by atoms with Crippen molar-refractivity contribution in [2.75, 3.05) is 19.7 Å². The minimum absolute atomic E-state index is 0. The Kier molecular flexibility index (Phi) is 11.3. The molecule has 2 aromatic carbocycles. The Labute approximate surface area is 204 Å². The molecule has 4 nitrogen and oxygen atoms in total. The van der Waals surface area contributed by atoms with E-state index in [0.717, 1.165) is 42.6 Å². The van der Waals surface area contributed by atoms with Gasteiger partial charge in [0.15, 0.2) is 0 Å². The van der Waals surface area contributed by atoms with Gasteiger partial charge in [-0.15, -0.1) is 25.3 Å². The predicted octanol–water partition coefficient (Wildman–Crippen LogP) is 6.06. The van der Waals surface area contributed by atoms with Crippen molar-refractivity contribution >= 4 is 5.97 Å². The molecule has 1 saturated heterocycles. The van der Waals surface area contributed by atoms with E-state index < -0.39 is 11.9 Å². The molecule has 0 aliphatic carbocycles. The summed E-state index contributed by atoms with van der Waals surface area (Å²) in [5, 5.41) is 0. The maximum Gasteiger partial charge on any atom is 2.00 e. The first-order chi connectivity index (χ1) is 15.0. The van der Waals surface area contributed by atoms with Gasteiger partial charge in [-0.2, -0.15) is 37.5 Å². The second kappa shape index (κ2) is 12.9. The molecular weight excluding hydrogens is 474 g/mol. The Morgan fingerprint density at radius 2 is 1.48 bits per heavy atom. The summed E-state index contributed by atoms with van der Waals surface area (Å²) >= 11 is 0. The summed E-state index contributed by atoms with van der Waals surface area (Å²) in [6, 6.07) is 13.2. The third kappa shape index (κ3) is 9.32. The van der Waals surface area contributed by atoms with Crippen molar-refractivity contribution in [3.8, 4) is 16.9 Å². The molecule has 8 heteroatoms. The summed E-state index contributed by atoms with van der Waals surface area (Å²) in [5.41, 5.74) is 2.16. The van der Waals surface area contributed by atoms with E-state index in [1.54, 1.807) is 12.1 Å². The van der Waals surface area contributed by atoms with Crippen LogP contribution < -0.4 is 4.74 Å². The van der Waals surface area contributed by atoms with Crippen LogP contribution >= 0.6 is 0 Å². The van der Waals surface area contributed by atoms with E-state index in [2.05, 4.69) is 23.0 Å². The fourth-order valence-electron chi connectivity index (χ4n) is 3.29. The van der Waals surface area contributed by atoms with Gasteiger partial charge in [-0.05, 0) is 57.1 Å². The van der Waals surface area contributed by atoms with Gasteiger partial charge in [0.2, 0.25) is 0 Å². The molecule has 1 heterocycles. The number of likely N-dealkylation sites (tertiary alicyclic amines) is 1. The maximum absolute atomic E-state index is 12.0. The second-order valence-corrected chi connectivity index (χ2v) is 7.90. The second-order valence-electron chi connectivity index (χ2n) is 7.90. The Bertz CT molecular complexity index is 847. The number of hydrogen-bond donors (Lipinski definition) is 0. The quantitative estimate of drug-likeness (QED) is 0.282. The molecule has 3 rings (SSSR count). The van der Waals surface area contributed by atoms with Crippen LogP contribution in [0.4, 0.5) is 13.2 Å². The molecule has 1 radical (unpaired) electrons. The molecule has 0 spiro atoms. The number of nitrogens with zero attached hydrogens (tertiary/aromatic N) is 1. The van der Waals surface area contributed by atoms with Crippen LogP contribution in [0.5, 0.6) is 5.75 Å². The van der Waals surface area contributed by atoms with Crippen molar-refractivity contribution in [1.82, 2.24) is 4.90 Å². The molecule has 0 bridgehead atoms. The van der Waals surface area contributed by atoms with Crippen molar-refractivity contribution in [1.29, 1.82) is 0 Å². The van der Waals surface area contributed by atoms with Crippen LogP contribution in [0.1, 0.15) is 39.2 Å². The fourth-order valence-corrected chi connectivity index (χ4v) is 3.29. The zero-order chi connectivity index (χ0) is 23.8. The molecular formula is C25H30F3MnNO3. The van der Waals surface area contributed by atoms with Gasteiger partial charge in [0.05, 0.1) is 6.61 Å². The van der Waals surface area contributed by atoms with E-state index in [9.17, 15) is 18.0 Å². The van der Waals surface area contributed by atoms with Crippen LogP contribution in [0.2, 0.25) is 0 Å². The molecule has 0 unspecified atom stereocenters. The number of carbonyl (C=O) groups is 1. The van der Waals surface area contributed by atoms with Gasteiger partial charge in [0.25, 0.3) is 0 Å². The number of piperidine rings is 1. The molecule has 0 saturated carbocycles. The average molecular weight is 504 g/mol. The number of hydrogen-bond acceptors (Lipinski definition) is 4. The van der Waals surface area contributed by atoms with Crippen molar-refractivity contribution < 1.29 is 44.5 Å². The molecule has 2 aromatic rings. The third-order valence-electron chi connectivity index (χ3n) is 5.15. The average Bonchev–Trinajstić information content (AvgIpc) is 2.75. The van der Waals surface area contributed by atoms with E-state index in [-0.39, 0.29) is 28.8 Å². The Morgan fingerprint density at radius 3 is 1.94 bits per heavy atom. The number of halogens is 3. The molecule has 1 fully saturated rings. The van der Waals surface area contributed by atoms with Crippen LogP contribution in [-0.2, 0) is 26.6 Å². The Morgan fingerprint density at radius 1 is 1.00 bits per heavy atom. The van der Waals surface area contributed by atoms with E-state index >= 15 is 0 Å². The van der Waals surface area contributed by atoms with Crippen molar-refractivity contribution in [3.63, 3.8) is 0 Å². The number of rotatable bonds is 5. The van der Waals surface area contributed by atoms with Crippen LogP contribution in [0.15, 0.2) is 48.5 Å². The van der Waals surface area contributed by atoms with Gasteiger partial charge >= 0.3 is 29.4 Å². The number of benzene rings is 2. The van der Waals surface area contributed by atoms with Gasteiger partial charge in [-0.25, -0.2) is 0 Å². The van der Waals surface area contributed by atoms with Crippen LogP contribution in [0.25, 0.3) is 11.1 Å². The van der Waals surface area contributed by atoms with Gasteiger partial charge in [0.1, 0.15) is 11.3 Å². The molecule has 181 valence electrons. The molecule has 0 aromatic heterocycles. The van der Waals surface area contributed by atoms with Crippen LogP contribution in [0.3, 0.4) is 0 Å². The molecule has 1 aliphatic heterocycles. The van der Waals surface area contributed by atoms with Crippen molar-refractivity contribution in [3.05, 3.63) is 67.4 Å². The third-order valence-corrected chi connectivity index (χ3v) is 5.15. The molecule has 1 aliphatic rings. The largest absolute Gasteiger partial charge is 2.00 e. The standard InChI is InChI=1S/C14H10F3O.C11H20NO2.Mn/c1-10-2-4-11(5-3-10)12-6-8-13(9-7-12)18-14(15,16)17;1-4-14-10(13)11(2,3)12-8-6-5-7-9-12;/h2-9H,1H2;5H,4,6-9H2,1-3H3;/q2*-1;+2. The Balaban J connectivity index is 0.000000331. The van der Waals surface area contributed by atoms with Crippen molar-refractivity contribution in [2.24, 2.45) is 0 Å². The summed E-state index contributed by atoms with van der Waals surface area (Å²) in [6.07, 6.45) is -0.236. The number of ether oxygens (including phenoxy) is 2. The fraction of sp³-hybridized carbons (Fsp3) is 0.400. The maximum atomic E-state index is 12.0. The first-order valence-corrected chi connectivity index (χ1v) is 10.5. The SMILES string of the molecule is CCOC(=O)C(C)(C)N1CC[CH-]CC1.[CH2-]c1ccc(-c2ccc(OC(F)(F)F)cc2)cc1.[Mn+2]. The molecule has 0 N–H and O–H groups in total. The monoisotopic (exact) mass is 504 g/mol. The van der Waals surface area contributed by atoms with E-state index in [0.29, 0.717) is 6.61 Å². The summed E-state index contributed by atoms with van der Waals surface area (Å²) < 4.78 is 44.8. The van der Waals surface area contributed by atoms with E-state index in [1.165, 1.54) is 12.1 Å². The van der Waals surface area contributed by atoms with Crippen LogP contribution in [-0.4, -0.2) is 42.5 Å². The summed E-state index contributed by atoms with van der Waals surface area (Å²) in [7, 11) is 0. The first-order valence-electron chi connectivity index (χ1n) is 10.5. The predicted molar refractivity (Wildman–Crippen MR) is 119 cm³/mol. The van der Waals surface area contributed by atoms with Gasteiger partial charge in [-0.3, -0.25) is 9.69 Å². The minimum Gasteiger partial charge on any atom is -0.465 e. The minimum atomic E-state index is -4.66. The zero-order valence-electron chi connectivity index (χ0n) is 19.1. The van der Waals surface area contributed by atoms with Gasteiger partial charge in [-0.1, -0.05) is 12.1 Å². The summed E-state index contributed by atoms with van der Waals surface area (Å²) in [6.45, 7) is 11.9. The number of carbonyl (C=O) groups excluding carboxylic acids is 1. The molecule has 33 heavy (non-hydrogen) atoms.